The van der Waals surface area contributed by atoms with Gasteiger partial charge in [-0.2, -0.15) is 0 Å². The third-order valence-corrected chi connectivity index (χ3v) is 5.55. The van der Waals surface area contributed by atoms with Gasteiger partial charge in [-0.3, -0.25) is 4.79 Å². The van der Waals surface area contributed by atoms with E-state index in [0.717, 1.165) is 51.1 Å². The molecule has 0 amide bonds. The van der Waals surface area contributed by atoms with Crippen LogP contribution in [0, 0.1) is 6.92 Å². The zero-order chi connectivity index (χ0) is 17.1. The van der Waals surface area contributed by atoms with Crippen LogP contribution in [0.25, 0.3) is 20.2 Å². The Hall–Kier alpha value is -1.95. The highest BCUT2D eigenvalue weighted by Crippen LogP contribution is 2.31. The number of aryl methyl sites for hydroxylation is 1. The summed E-state index contributed by atoms with van der Waals surface area (Å²) < 4.78 is 2.11. The van der Waals surface area contributed by atoms with Gasteiger partial charge >= 0.3 is 0 Å². The number of hydrogen-bond donors (Lipinski definition) is 2. The van der Waals surface area contributed by atoms with Gasteiger partial charge in [-0.25, -0.2) is 0 Å². The summed E-state index contributed by atoms with van der Waals surface area (Å²) in [5.74, 6) is 0. The Balaban J connectivity index is 2.01. The maximum absolute atomic E-state index is 13.0. The SMILES string of the molecule is Cc1ccc(NCCN(C)CCN)c2c(=O)c3ccccc3sc12. The molecule has 0 unspecified atom stereocenters. The minimum Gasteiger partial charge on any atom is -0.383 e. The number of rotatable bonds is 6. The van der Waals surface area contributed by atoms with Gasteiger partial charge in [0.2, 0.25) is 0 Å². The van der Waals surface area contributed by atoms with Crippen molar-refractivity contribution in [2.24, 2.45) is 5.73 Å². The first-order chi connectivity index (χ1) is 11.6. The van der Waals surface area contributed by atoms with E-state index in [1.807, 2.05) is 30.3 Å². The molecule has 0 fully saturated rings. The number of benzene rings is 2. The van der Waals surface area contributed by atoms with Crippen molar-refractivity contribution in [1.82, 2.24) is 4.90 Å². The molecule has 0 bridgehead atoms. The van der Waals surface area contributed by atoms with Crippen molar-refractivity contribution in [2.75, 3.05) is 38.5 Å². The van der Waals surface area contributed by atoms with Crippen LogP contribution in [0.5, 0.6) is 0 Å². The van der Waals surface area contributed by atoms with Crippen molar-refractivity contribution >= 4 is 37.2 Å². The minimum atomic E-state index is 0.112. The molecular weight excluding hydrogens is 318 g/mol. The minimum absolute atomic E-state index is 0.112. The predicted octanol–water partition coefficient (Wildman–Crippen LogP) is 3.03. The van der Waals surface area contributed by atoms with Gasteiger partial charge < -0.3 is 16.0 Å². The first kappa shape index (κ1) is 16.9. The van der Waals surface area contributed by atoms with Crippen LogP contribution < -0.4 is 16.5 Å². The van der Waals surface area contributed by atoms with Crippen LogP contribution in [-0.4, -0.2) is 38.1 Å². The topological polar surface area (TPSA) is 58.4 Å². The summed E-state index contributed by atoms with van der Waals surface area (Å²) in [6, 6.07) is 11.9. The standard InChI is InChI=1S/C19H23N3OS/c1-13-7-8-15(21-10-12-22(2)11-9-20)17-18(23)14-5-3-4-6-16(14)24-19(13)17/h3-8,21H,9-12,20H2,1-2H3. The van der Waals surface area contributed by atoms with E-state index < -0.39 is 0 Å². The third-order valence-electron chi connectivity index (χ3n) is 4.25. The van der Waals surface area contributed by atoms with Gasteiger partial charge in [-0.15, -0.1) is 11.3 Å². The van der Waals surface area contributed by atoms with Gasteiger partial charge in [0.25, 0.3) is 0 Å². The van der Waals surface area contributed by atoms with Gasteiger partial charge in [0.05, 0.1) is 5.39 Å². The molecule has 0 radical (unpaired) electrons. The quantitative estimate of drug-likeness (QED) is 0.677. The molecule has 3 aromatic rings. The molecule has 0 atom stereocenters. The highest BCUT2D eigenvalue weighted by Gasteiger charge is 2.11. The molecule has 5 heteroatoms. The molecule has 126 valence electrons. The first-order valence-electron chi connectivity index (χ1n) is 8.19. The number of nitrogens with zero attached hydrogens (tertiary/aromatic N) is 1. The Bertz CT molecular complexity index is 920. The summed E-state index contributed by atoms with van der Waals surface area (Å²) in [6.45, 7) is 5.26. The van der Waals surface area contributed by atoms with Crippen molar-refractivity contribution < 1.29 is 0 Å². The summed E-state index contributed by atoms with van der Waals surface area (Å²) in [7, 11) is 2.05. The van der Waals surface area contributed by atoms with Crippen LogP contribution in [0.4, 0.5) is 5.69 Å². The Morgan fingerprint density at radius 3 is 2.75 bits per heavy atom. The van der Waals surface area contributed by atoms with Crippen molar-refractivity contribution in [2.45, 2.75) is 6.92 Å². The molecule has 0 saturated carbocycles. The summed E-state index contributed by atoms with van der Waals surface area (Å²) in [5.41, 5.74) is 7.75. The van der Waals surface area contributed by atoms with Crippen LogP contribution in [0.3, 0.4) is 0 Å². The zero-order valence-corrected chi connectivity index (χ0v) is 15.0. The average molecular weight is 341 g/mol. The maximum Gasteiger partial charge on any atom is 0.197 e. The number of anilines is 1. The fourth-order valence-corrected chi connectivity index (χ4v) is 4.06. The average Bonchev–Trinajstić information content (AvgIpc) is 2.58. The molecule has 0 spiro atoms. The van der Waals surface area contributed by atoms with Crippen LogP contribution >= 0.6 is 11.3 Å². The van der Waals surface area contributed by atoms with E-state index in [0.29, 0.717) is 6.54 Å². The summed E-state index contributed by atoms with van der Waals surface area (Å²) in [6.07, 6.45) is 0. The molecule has 3 N–H and O–H groups in total. The molecule has 24 heavy (non-hydrogen) atoms. The van der Waals surface area contributed by atoms with Gasteiger partial charge in [0, 0.05) is 46.7 Å². The lowest BCUT2D eigenvalue weighted by Crippen LogP contribution is -2.30. The molecular formula is C19H23N3OS. The lowest BCUT2D eigenvalue weighted by molar-refractivity contribution is 0.357. The number of likely N-dealkylation sites (N-methyl/N-ethyl adjacent to an activating group) is 1. The largest absolute Gasteiger partial charge is 0.383 e. The first-order valence-corrected chi connectivity index (χ1v) is 9.01. The van der Waals surface area contributed by atoms with E-state index >= 15 is 0 Å². The normalized spacial score (nSPS) is 11.5. The van der Waals surface area contributed by atoms with E-state index in [-0.39, 0.29) is 5.43 Å². The second kappa shape index (κ2) is 7.30. The second-order valence-electron chi connectivity index (χ2n) is 6.08. The van der Waals surface area contributed by atoms with E-state index in [1.165, 1.54) is 0 Å². The molecule has 3 rings (SSSR count). The zero-order valence-electron chi connectivity index (χ0n) is 14.1. The second-order valence-corrected chi connectivity index (χ2v) is 7.13. The fourth-order valence-electron chi connectivity index (χ4n) is 2.89. The highest BCUT2D eigenvalue weighted by molar-refractivity contribution is 7.24. The van der Waals surface area contributed by atoms with Crippen molar-refractivity contribution in [3.05, 3.63) is 52.2 Å². The summed E-state index contributed by atoms with van der Waals surface area (Å²) in [5, 5.41) is 5.03. The Labute approximate surface area is 145 Å². The molecule has 2 aromatic carbocycles. The molecule has 0 aliphatic heterocycles. The molecule has 1 heterocycles. The third kappa shape index (κ3) is 3.29. The summed E-state index contributed by atoms with van der Waals surface area (Å²) >= 11 is 1.69. The van der Waals surface area contributed by atoms with Gasteiger partial charge in [-0.1, -0.05) is 18.2 Å². The van der Waals surface area contributed by atoms with Gasteiger partial charge in [0.1, 0.15) is 0 Å². The van der Waals surface area contributed by atoms with E-state index in [1.54, 1.807) is 11.3 Å². The highest BCUT2D eigenvalue weighted by atomic mass is 32.1. The van der Waals surface area contributed by atoms with Crippen LogP contribution in [0.2, 0.25) is 0 Å². The monoisotopic (exact) mass is 341 g/mol. The van der Waals surface area contributed by atoms with Crippen molar-refractivity contribution in [3.63, 3.8) is 0 Å². The Morgan fingerprint density at radius 1 is 1.17 bits per heavy atom. The maximum atomic E-state index is 13.0. The lowest BCUT2D eigenvalue weighted by atomic mass is 10.1. The van der Waals surface area contributed by atoms with Crippen LogP contribution in [0.1, 0.15) is 5.56 Å². The van der Waals surface area contributed by atoms with Crippen LogP contribution in [-0.2, 0) is 0 Å². The van der Waals surface area contributed by atoms with Crippen LogP contribution in [0.15, 0.2) is 41.2 Å². The van der Waals surface area contributed by atoms with E-state index in [9.17, 15) is 4.79 Å². The molecule has 0 aliphatic carbocycles. The smallest absolute Gasteiger partial charge is 0.197 e. The van der Waals surface area contributed by atoms with Crippen molar-refractivity contribution in [3.8, 4) is 0 Å². The fraction of sp³-hybridized carbons (Fsp3) is 0.316. The molecule has 0 aliphatic rings. The number of fused-ring (bicyclic) bond motifs is 2. The number of hydrogen-bond acceptors (Lipinski definition) is 5. The molecule has 1 aromatic heterocycles. The van der Waals surface area contributed by atoms with Crippen molar-refractivity contribution in [1.29, 1.82) is 0 Å². The molecule has 4 nitrogen and oxygen atoms in total. The number of nitrogens with one attached hydrogen (secondary N) is 1. The Kier molecular flexibility index (Phi) is 5.14. The lowest BCUT2D eigenvalue weighted by Gasteiger charge is -2.17. The Morgan fingerprint density at radius 2 is 1.96 bits per heavy atom. The van der Waals surface area contributed by atoms with E-state index in [4.69, 9.17) is 5.73 Å². The van der Waals surface area contributed by atoms with E-state index in [2.05, 4.69) is 30.3 Å². The molecule has 0 saturated heterocycles. The number of nitrogens with two attached hydrogens (primary N) is 1. The summed E-state index contributed by atoms with van der Waals surface area (Å²) in [4.78, 5) is 15.2. The van der Waals surface area contributed by atoms with Gasteiger partial charge in [0.15, 0.2) is 5.43 Å². The predicted molar refractivity (Wildman–Crippen MR) is 105 cm³/mol. The van der Waals surface area contributed by atoms with Gasteiger partial charge in [-0.05, 0) is 37.7 Å².